The summed E-state index contributed by atoms with van der Waals surface area (Å²) in [5, 5.41) is 2.80. The van der Waals surface area contributed by atoms with Crippen molar-refractivity contribution in [2.24, 2.45) is 0 Å². The highest BCUT2D eigenvalue weighted by Gasteiger charge is 2.24. The molecule has 4 rings (SSSR count). The number of imidazole rings is 1. The van der Waals surface area contributed by atoms with Gasteiger partial charge in [0.05, 0.1) is 5.69 Å². The van der Waals surface area contributed by atoms with E-state index >= 15 is 0 Å². The van der Waals surface area contributed by atoms with E-state index < -0.39 is 0 Å². The lowest BCUT2D eigenvalue weighted by molar-refractivity contribution is 0.102. The third-order valence-corrected chi connectivity index (χ3v) is 4.57. The number of hydrogen-bond donors (Lipinski definition) is 1. The molecular formula is C20H19FN4O. The Morgan fingerprint density at radius 3 is 2.85 bits per heavy atom. The van der Waals surface area contributed by atoms with Crippen LogP contribution in [0.3, 0.4) is 0 Å². The van der Waals surface area contributed by atoms with Crippen molar-refractivity contribution in [3.63, 3.8) is 0 Å². The number of hydrogen-bond acceptors (Lipinski definition) is 3. The summed E-state index contributed by atoms with van der Waals surface area (Å²) in [6, 6.07) is 11.7. The summed E-state index contributed by atoms with van der Waals surface area (Å²) in [6.45, 7) is 0.783. The standard InChI is InChI=1S/C20H19FN4O/c21-15-8-6-7-14(13-15)19-24-18(16-9-2-1-5-12-25(16)19)20(26)23-17-10-3-4-11-22-17/h3-4,6-8,10-11,13H,1-2,5,9,12H2,(H,22,23,26). The number of carbonyl (C=O) groups is 1. The van der Waals surface area contributed by atoms with Gasteiger partial charge in [-0.1, -0.05) is 24.6 Å². The van der Waals surface area contributed by atoms with Crippen molar-refractivity contribution in [2.45, 2.75) is 32.2 Å². The third-order valence-electron chi connectivity index (χ3n) is 4.57. The van der Waals surface area contributed by atoms with Crippen LogP contribution in [0.15, 0.2) is 48.7 Å². The zero-order chi connectivity index (χ0) is 17.9. The van der Waals surface area contributed by atoms with Crippen molar-refractivity contribution >= 4 is 11.7 Å². The molecule has 5 nitrogen and oxygen atoms in total. The Morgan fingerprint density at radius 1 is 1.12 bits per heavy atom. The maximum Gasteiger partial charge on any atom is 0.277 e. The number of anilines is 1. The molecule has 0 bridgehead atoms. The Kier molecular flexibility index (Phi) is 4.48. The van der Waals surface area contributed by atoms with Gasteiger partial charge in [0, 0.05) is 18.3 Å². The van der Waals surface area contributed by atoms with Crippen LogP contribution in [0, 0.1) is 5.82 Å². The summed E-state index contributed by atoms with van der Waals surface area (Å²) in [6.07, 6.45) is 5.55. The van der Waals surface area contributed by atoms with E-state index in [9.17, 15) is 9.18 Å². The van der Waals surface area contributed by atoms with E-state index in [2.05, 4.69) is 19.9 Å². The van der Waals surface area contributed by atoms with Gasteiger partial charge in [-0.25, -0.2) is 14.4 Å². The Bertz CT molecular complexity index is 936. The van der Waals surface area contributed by atoms with Crippen LogP contribution < -0.4 is 5.32 Å². The molecule has 2 aromatic heterocycles. The predicted molar refractivity (Wildman–Crippen MR) is 97.4 cm³/mol. The first kappa shape index (κ1) is 16.4. The fraction of sp³-hybridized carbons (Fsp3) is 0.250. The normalized spacial score (nSPS) is 13.7. The van der Waals surface area contributed by atoms with Gasteiger partial charge in [-0.2, -0.15) is 0 Å². The summed E-state index contributed by atoms with van der Waals surface area (Å²) in [4.78, 5) is 21.5. The van der Waals surface area contributed by atoms with Crippen LogP contribution in [0.1, 0.15) is 35.4 Å². The molecule has 0 atom stereocenters. The number of pyridine rings is 1. The number of nitrogens with one attached hydrogen (secondary N) is 1. The SMILES string of the molecule is O=C(Nc1ccccn1)c1nc(-c2cccc(F)c2)n2c1CCCCC2. The molecule has 1 aliphatic rings. The lowest BCUT2D eigenvalue weighted by Gasteiger charge is -2.09. The van der Waals surface area contributed by atoms with E-state index in [1.807, 2.05) is 12.1 Å². The smallest absolute Gasteiger partial charge is 0.277 e. The fourth-order valence-electron chi connectivity index (χ4n) is 3.36. The molecule has 26 heavy (non-hydrogen) atoms. The minimum absolute atomic E-state index is 0.281. The maximum absolute atomic E-state index is 13.7. The average molecular weight is 350 g/mol. The Labute approximate surface area is 150 Å². The van der Waals surface area contributed by atoms with Crippen LogP contribution in [-0.2, 0) is 13.0 Å². The number of aromatic nitrogens is 3. The van der Waals surface area contributed by atoms with E-state index in [0.29, 0.717) is 22.9 Å². The predicted octanol–water partition coefficient (Wildman–Crippen LogP) is 4.06. The Hall–Kier alpha value is -3.02. The lowest BCUT2D eigenvalue weighted by Crippen LogP contribution is -2.16. The molecule has 0 spiro atoms. The first-order chi connectivity index (χ1) is 12.7. The summed E-state index contributed by atoms with van der Waals surface area (Å²) in [5.41, 5.74) is 2.00. The summed E-state index contributed by atoms with van der Waals surface area (Å²) >= 11 is 0. The zero-order valence-corrected chi connectivity index (χ0v) is 14.3. The van der Waals surface area contributed by atoms with E-state index in [1.54, 1.807) is 24.4 Å². The zero-order valence-electron chi connectivity index (χ0n) is 14.3. The number of halogens is 1. The quantitative estimate of drug-likeness (QED) is 0.775. The molecule has 132 valence electrons. The molecule has 0 saturated carbocycles. The van der Waals surface area contributed by atoms with Gasteiger partial charge in [0.1, 0.15) is 23.2 Å². The van der Waals surface area contributed by atoms with Crippen molar-refractivity contribution in [3.8, 4) is 11.4 Å². The number of benzene rings is 1. The molecule has 0 unspecified atom stereocenters. The molecule has 1 amide bonds. The number of nitrogens with zero attached hydrogens (tertiary/aromatic N) is 3. The Balaban J connectivity index is 1.76. The topological polar surface area (TPSA) is 59.8 Å². The molecule has 3 heterocycles. The maximum atomic E-state index is 13.7. The van der Waals surface area contributed by atoms with Crippen molar-refractivity contribution in [3.05, 3.63) is 65.9 Å². The number of rotatable bonds is 3. The summed E-state index contributed by atoms with van der Waals surface area (Å²) in [5.74, 6) is 0.540. The van der Waals surface area contributed by atoms with Crippen LogP contribution in [0.25, 0.3) is 11.4 Å². The van der Waals surface area contributed by atoms with Crippen molar-refractivity contribution in [1.29, 1.82) is 0 Å². The highest BCUT2D eigenvalue weighted by Crippen LogP contribution is 2.28. The van der Waals surface area contributed by atoms with Crippen LogP contribution in [0.2, 0.25) is 0 Å². The van der Waals surface area contributed by atoms with Crippen LogP contribution >= 0.6 is 0 Å². The largest absolute Gasteiger partial charge is 0.327 e. The van der Waals surface area contributed by atoms with Gasteiger partial charge in [0.25, 0.3) is 5.91 Å². The molecule has 3 aromatic rings. The molecule has 0 saturated heterocycles. The minimum atomic E-state index is -0.312. The molecular weight excluding hydrogens is 331 g/mol. The molecule has 0 fully saturated rings. The van der Waals surface area contributed by atoms with Gasteiger partial charge in [0.2, 0.25) is 0 Å². The van der Waals surface area contributed by atoms with Crippen molar-refractivity contribution < 1.29 is 9.18 Å². The van der Waals surface area contributed by atoms with Crippen molar-refractivity contribution in [1.82, 2.24) is 14.5 Å². The highest BCUT2D eigenvalue weighted by atomic mass is 19.1. The minimum Gasteiger partial charge on any atom is -0.327 e. The second-order valence-corrected chi connectivity index (χ2v) is 6.37. The van der Waals surface area contributed by atoms with E-state index in [1.165, 1.54) is 12.1 Å². The molecule has 0 radical (unpaired) electrons. The van der Waals surface area contributed by atoms with Gasteiger partial charge in [0.15, 0.2) is 0 Å². The first-order valence-electron chi connectivity index (χ1n) is 8.80. The Morgan fingerprint density at radius 2 is 2.04 bits per heavy atom. The first-order valence-corrected chi connectivity index (χ1v) is 8.80. The molecule has 0 aliphatic carbocycles. The van der Waals surface area contributed by atoms with Crippen LogP contribution in [0.4, 0.5) is 10.2 Å². The third kappa shape index (κ3) is 3.22. The van der Waals surface area contributed by atoms with Gasteiger partial charge >= 0.3 is 0 Å². The van der Waals surface area contributed by atoms with E-state index in [0.717, 1.165) is 37.9 Å². The molecule has 1 aromatic carbocycles. The molecule has 1 aliphatic heterocycles. The molecule has 6 heteroatoms. The second-order valence-electron chi connectivity index (χ2n) is 6.37. The summed E-state index contributed by atoms with van der Waals surface area (Å²) in [7, 11) is 0. The second kappa shape index (κ2) is 7.07. The summed E-state index contributed by atoms with van der Waals surface area (Å²) < 4.78 is 15.8. The highest BCUT2D eigenvalue weighted by molar-refractivity contribution is 6.03. The van der Waals surface area contributed by atoms with Crippen molar-refractivity contribution in [2.75, 3.05) is 5.32 Å². The average Bonchev–Trinajstić information content (AvgIpc) is 2.84. The fourth-order valence-corrected chi connectivity index (χ4v) is 3.36. The number of carbonyl (C=O) groups excluding carboxylic acids is 1. The van der Waals surface area contributed by atoms with Crippen LogP contribution in [-0.4, -0.2) is 20.4 Å². The molecule has 1 N–H and O–H groups in total. The lowest BCUT2D eigenvalue weighted by atomic mass is 10.1. The monoisotopic (exact) mass is 350 g/mol. The van der Waals surface area contributed by atoms with Gasteiger partial charge in [-0.15, -0.1) is 0 Å². The number of amides is 1. The van der Waals surface area contributed by atoms with Crippen LogP contribution in [0.5, 0.6) is 0 Å². The van der Waals surface area contributed by atoms with Gasteiger partial charge < -0.3 is 9.88 Å². The van der Waals surface area contributed by atoms with Gasteiger partial charge in [-0.05, 0) is 43.5 Å². The van der Waals surface area contributed by atoms with E-state index in [4.69, 9.17) is 0 Å². The number of fused-ring (bicyclic) bond motifs is 1. The van der Waals surface area contributed by atoms with Gasteiger partial charge in [-0.3, -0.25) is 4.79 Å². The van der Waals surface area contributed by atoms with E-state index in [-0.39, 0.29) is 11.7 Å².